The first-order valence-electron chi connectivity index (χ1n) is 7.85. The highest BCUT2D eigenvalue weighted by atomic mass is 32.1. The van der Waals surface area contributed by atoms with E-state index >= 15 is 0 Å². The van der Waals surface area contributed by atoms with Crippen LogP contribution in [0.2, 0.25) is 0 Å². The molecule has 0 spiro atoms. The van der Waals surface area contributed by atoms with Crippen LogP contribution in [0.5, 0.6) is 0 Å². The van der Waals surface area contributed by atoms with E-state index in [1.165, 1.54) is 0 Å². The summed E-state index contributed by atoms with van der Waals surface area (Å²) in [7, 11) is 0. The molecule has 4 rings (SSSR count). The van der Waals surface area contributed by atoms with Crippen molar-refractivity contribution in [2.24, 2.45) is 0 Å². The van der Waals surface area contributed by atoms with Crippen LogP contribution in [0.3, 0.4) is 0 Å². The second kappa shape index (κ2) is 7.19. The van der Waals surface area contributed by atoms with Gasteiger partial charge in [-0.15, -0.1) is 16.4 Å². The van der Waals surface area contributed by atoms with Gasteiger partial charge in [0.2, 0.25) is 0 Å². The number of nitrogens with zero attached hydrogens (tertiary/aromatic N) is 5. The van der Waals surface area contributed by atoms with Crippen molar-refractivity contribution in [3.05, 3.63) is 82.7 Å². The molecule has 0 radical (unpaired) electrons. The van der Waals surface area contributed by atoms with Crippen LogP contribution in [0.15, 0.2) is 66.4 Å². The number of aromatic nitrogens is 5. The van der Waals surface area contributed by atoms with Crippen LogP contribution < -0.4 is 0 Å². The third-order valence-electron chi connectivity index (χ3n) is 3.61. The molecular weight excluding hydrogens is 330 g/mol. The molecule has 0 atom stereocenters. The Morgan fingerprint density at radius 1 is 1.04 bits per heavy atom. The number of pyridine rings is 1. The lowest BCUT2D eigenvalue weighted by molar-refractivity contribution is 0.648. The molecular formula is C19H15N5S. The van der Waals surface area contributed by atoms with Gasteiger partial charge in [0.15, 0.2) is 0 Å². The van der Waals surface area contributed by atoms with Crippen molar-refractivity contribution in [1.82, 2.24) is 25.0 Å². The maximum atomic E-state index is 4.64. The van der Waals surface area contributed by atoms with E-state index in [0.717, 1.165) is 27.5 Å². The van der Waals surface area contributed by atoms with Gasteiger partial charge in [-0.05, 0) is 23.8 Å². The van der Waals surface area contributed by atoms with E-state index in [2.05, 4.69) is 37.8 Å². The van der Waals surface area contributed by atoms with Crippen molar-refractivity contribution in [2.45, 2.75) is 6.54 Å². The van der Waals surface area contributed by atoms with E-state index in [0.29, 0.717) is 6.54 Å². The summed E-state index contributed by atoms with van der Waals surface area (Å²) >= 11 is 1.61. The Hall–Kier alpha value is -3.12. The van der Waals surface area contributed by atoms with Gasteiger partial charge in [-0.25, -0.2) is 9.67 Å². The fourth-order valence-electron chi connectivity index (χ4n) is 2.41. The number of benzene rings is 1. The van der Waals surface area contributed by atoms with E-state index in [1.54, 1.807) is 22.2 Å². The van der Waals surface area contributed by atoms with Crippen molar-refractivity contribution < 1.29 is 0 Å². The average molecular weight is 345 g/mol. The predicted molar refractivity (Wildman–Crippen MR) is 99.8 cm³/mol. The lowest BCUT2D eigenvalue weighted by Crippen LogP contribution is -2.00. The largest absolute Gasteiger partial charge is 0.264 e. The van der Waals surface area contributed by atoms with Crippen LogP contribution in [0.1, 0.15) is 16.3 Å². The third-order valence-corrected chi connectivity index (χ3v) is 4.42. The van der Waals surface area contributed by atoms with E-state index in [-0.39, 0.29) is 0 Å². The Labute approximate surface area is 149 Å². The van der Waals surface area contributed by atoms with Crippen molar-refractivity contribution in [3.63, 3.8) is 0 Å². The molecule has 0 aliphatic rings. The molecule has 122 valence electrons. The van der Waals surface area contributed by atoms with E-state index in [1.807, 2.05) is 54.9 Å². The van der Waals surface area contributed by atoms with Crippen molar-refractivity contribution >= 4 is 23.5 Å². The van der Waals surface area contributed by atoms with E-state index < -0.39 is 0 Å². The minimum atomic E-state index is 0.657. The fraction of sp³-hybridized carbons (Fsp3) is 0.0526. The molecule has 0 aliphatic carbocycles. The van der Waals surface area contributed by atoms with Gasteiger partial charge in [0, 0.05) is 23.3 Å². The zero-order valence-electron chi connectivity index (χ0n) is 13.4. The summed E-state index contributed by atoms with van der Waals surface area (Å²) in [5.74, 6) is 0. The molecule has 4 aromatic rings. The van der Waals surface area contributed by atoms with E-state index in [4.69, 9.17) is 0 Å². The van der Waals surface area contributed by atoms with Gasteiger partial charge in [0.05, 0.1) is 18.4 Å². The van der Waals surface area contributed by atoms with Crippen molar-refractivity contribution in [3.8, 4) is 11.3 Å². The molecule has 6 heteroatoms. The van der Waals surface area contributed by atoms with Crippen molar-refractivity contribution in [2.75, 3.05) is 0 Å². The van der Waals surface area contributed by atoms with Crippen LogP contribution in [0.25, 0.3) is 23.4 Å². The van der Waals surface area contributed by atoms with Crippen LogP contribution >= 0.6 is 11.3 Å². The molecule has 0 N–H and O–H groups in total. The maximum Gasteiger partial charge on any atom is 0.116 e. The molecule has 3 heterocycles. The van der Waals surface area contributed by atoms with Crippen LogP contribution in [-0.4, -0.2) is 25.0 Å². The summed E-state index contributed by atoms with van der Waals surface area (Å²) in [6.07, 6.45) is 9.40. The zero-order chi connectivity index (χ0) is 16.9. The maximum absolute atomic E-state index is 4.64. The normalized spacial score (nSPS) is 11.2. The van der Waals surface area contributed by atoms with Gasteiger partial charge < -0.3 is 0 Å². The monoisotopic (exact) mass is 345 g/mol. The average Bonchev–Trinajstić information content (AvgIpc) is 3.31. The quantitative estimate of drug-likeness (QED) is 0.548. The summed E-state index contributed by atoms with van der Waals surface area (Å²) < 4.78 is 1.80. The first-order chi connectivity index (χ1) is 12.4. The summed E-state index contributed by atoms with van der Waals surface area (Å²) in [5, 5.41) is 11.3. The number of rotatable bonds is 5. The Bertz CT molecular complexity index is 973. The molecule has 0 aliphatic heterocycles. The Balaban J connectivity index is 1.45. The highest BCUT2D eigenvalue weighted by molar-refractivity contribution is 7.10. The highest BCUT2D eigenvalue weighted by Crippen LogP contribution is 2.22. The van der Waals surface area contributed by atoms with E-state index in [9.17, 15) is 0 Å². The topological polar surface area (TPSA) is 56.5 Å². The molecule has 0 bridgehead atoms. The molecule has 25 heavy (non-hydrogen) atoms. The van der Waals surface area contributed by atoms with Crippen molar-refractivity contribution in [1.29, 1.82) is 0 Å². The first-order valence-corrected chi connectivity index (χ1v) is 8.73. The van der Waals surface area contributed by atoms with Crippen LogP contribution in [0, 0.1) is 0 Å². The molecule has 5 nitrogen and oxygen atoms in total. The Morgan fingerprint density at radius 3 is 2.80 bits per heavy atom. The Kier molecular flexibility index (Phi) is 4.43. The second-order valence-electron chi connectivity index (χ2n) is 5.47. The highest BCUT2D eigenvalue weighted by Gasteiger charge is 2.03. The third kappa shape index (κ3) is 3.87. The van der Waals surface area contributed by atoms with Gasteiger partial charge in [0.25, 0.3) is 0 Å². The molecule has 0 amide bonds. The molecule has 0 saturated carbocycles. The number of hydrogen-bond donors (Lipinski definition) is 0. The fourth-order valence-corrected chi connectivity index (χ4v) is 3.13. The SMILES string of the molecule is C(=C\c1nc(-c2ccccc2)cs1)/c1cn(Cc2cccnc2)nn1. The van der Waals surface area contributed by atoms with Crippen LogP contribution in [0.4, 0.5) is 0 Å². The molecule has 0 unspecified atom stereocenters. The first kappa shape index (κ1) is 15.4. The van der Waals surface area contributed by atoms with Gasteiger partial charge in [0.1, 0.15) is 10.7 Å². The molecule has 3 aromatic heterocycles. The minimum Gasteiger partial charge on any atom is -0.264 e. The zero-order valence-corrected chi connectivity index (χ0v) is 14.2. The molecule has 1 aromatic carbocycles. The Morgan fingerprint density at radius 2 is 1.96 bits per heavy atom. The number of thiazole rings is 1. The smallest absolute Gasteiger partial charge is 0.116 e. The van der Waals surface area contributed by atoms with Gasteiger partial charge in [-0.2, -0.15) is 0 Å². The summed E-state index contributed by atoms with van der Waals surface area (Å²) in [6.45, 7) is 0.657. The number of hydrogen-bond acceptors (Lipinski definition) is 5. The summed E-state index contributed by atoms with van der Waals surface area (Å²) in [6, 6.07) is 14.1. The predicted octanol–water partition coefficient (Wildman–Crippen LogP) is 4.02. The van der Waals surface area contributed by atoms with Crippen LogP contribution in [-0.2, 0) is 6.54 Å². The minimum absolute atomic E-state index is 0.657. The standard InChI is InChI=1S/C19H15N5S/c1-2-6-16(7-3-1)18-14-25-19(21-18)9-8-17-13-24(23-22-17)12-15-5-4-10-20-11-15/h1-11,13-14H,12H2/b9-8+. The lowest BCUT2D eigenvalue weighted by Gasteiger charge is -1.98. The summed E-state index contributed by atoms with van der Waals surface area (Å²) in [5.41, 5.74) is 4.02. The van der Waals surface area contributed by atoms with Gasteiger partial charge in [-0.3, -0.25) is 4.98 Å². The second-order valence-corrected chi connectivity index (χ2v) is 6.36. The van der Waals surface area contributed by atoms with Gasteiger partial charge in [-0.1, -0.05) is 41.6 Å². The summed E-state index contributed by atoms with van der Waals surface area (Å²) in [4.78, 5) is 8.75. The lowest BCUT2D eigenvalue weighted by atomic mass is 10.2. The van der Waals surface area contributed by atoms with Gasteiger partial charge >= 0.3 is 0 Å². The molecule has 0 saturated heterocycles. The molecule has 0 fully saturated rings.